The third-order valence-electron chi connectivity index (χ3n) is 6.14. The van der Waals surface area contributed by atoms with Crippen molar-refractivity contribution in [3.63, 3.8) is 0 Å². The second kappa shape index (κ2) is 10.6. The van der Waals surface area contributed by atoms with E-state index in [0.29, 0.717) is 46.1 Å². The van der Waals surface area contributed by atoms with Crippen molar-refractivity contribution in [2.45, 2.75) is 27.7 Å². The Hall–Kier alpha value is -3.59. The number of aromatic nitrogens is 1. The number of hydrogen-bond acceptors (Lipinski definition) is 6. The zero-order chi connectivity index (χ0) is 25.0. The van der Waals surface area contributed by atoms with Crippen molar-refractivity contribution in [3.05, 3.63) is 45.8 Å². The molecule has 0 aliphatic carbocycles. The van der Waals surface area contributed by atoms with Gasteiger partial charge >= 0.3 is 5.97 Å². The highest BCUT2D eigenvalue weighted by Crippen LogP contribution is 2.40. The van der Waals surface area contributed by atoms with Gasteiger partial charge in [0.15, 0.2) is 0 Å². The van der Waals surface area contributed by atoms with E-state index in [1.807, 2.05) is 13.8 Å². The molecule has 1 aliphatic heterocycles. The number of methoxy groups -OCH3 is 2. The molecule has 0 atom stereocenters. The number of likely N-dealkylation sites (N-methyl/N-ethyl adjacent to an activating group) is 1. The second-order valence-corrected chi connectivity index (χ2v) is 8.02. The summed E-state index contributed by atoms with van der Waals surface area (Å²) in [4.78, 5) is 43.7. The van der Waals surface area contributed by atoms with Crippen molar-refractivity contribution < 1.29 is 23.9 Å². The Bertz CT molecular complexity index is 1140. The Labute approximate surface area is 199 Å². The Morgan fingerprint density at radius 3 is 2.44 bits per heavy atom. The summed E-state index contributed by atoms with van der Waals surface area (Å²) in [7, 11) is 2.73. The average molecular weight is 469 g/mol. The van der Waals surface area contributed by atoms with E-state index in [1.54, 1.807) is 18.2 Å². The van der Waals surface area contributed by atoms with Crippen LogP contribution >= 0.6 is 0 Å². The first-order valence-electron chi connectivity index (χ1n) is 11.3. The number of benzene rings is 1. The van der Waals surface area contributed by atoms with E-state index in [0.717, 1.165) is 19.6 Å². The number of amides is 2. The van der Waals surface area contributed by atoms with Gasteiger partial charge in [0.1, 0.15) is 11.3 Å². The number of anilines is 1. The van der Waals surface area contributed by atoms with E-state index in [2.05, 4.69) is 34.4 Å². The number of carbonyl (C=O) groups is 3. The highest BCUT2D eigenvalue weighted by atomic mass is 16.5. The molecule has 2 aromatic rings. The summed E-state index contributed by atoms with van der Waals surface area (Å²) in [6.07, 6.45) is 1.65. The third kappa shape index (κ3) is 4.70. The number of fused-ring (bicyclic) bond motifs is 1. The fourth-order valence-corrected chi connectivity index (χ4v) is 4.24. The minimum Gasteiger partial charge on any atom is -0.496 e. The lowest BCUT2D eigenvalue weighted by atomic mass is 9.97. The predicted octanol–water partition coefficient (Wildman–Crippen LogP) is 2.99. The van der Waals surface area contributed by atoms with Crippen LogP contribution in [0.15, 0.2) is 12.1 Å². The molecule has 3 rings (SSSR count). The zero-order valence-electron chi connectivity index (χ0n) is 20.5. The van der Waals surface area contributed by atoms with E-state index < -0.39 is 5.97 Å². The Kier molecular flexibility index (Phi) is 7.78. The van der Waals surface area contributed by atoms with Gasteiger partial charge in [-0.05, 0) is 50.7 Å². The monoisotopic (exact) mass is 468 g/mol. The molecule has 1 aromatic carbocycles. The van der Waals surface area contributed by atoms with Gasteiger partial charge in [-0.15, -0.1) is 0 Å². The molecule has 0 bridgehead atoms. The molecular weight excluding hydrogens is 436 g/mol. The Morgan fingerprint density at radius 1 is 1.12 bits per heavy atom. The molecule has 182 valence electrons. The fourth-order valence-electron chi connectivity index (χ4n) is 4.24. The summed E-state index contributed by atoms with van der Waals surface area (Å²) in [5.41, 5.74) is 3.93. The predicted molar refractivity (Wildman–Crippen MR) is 131 cm³/mol. The number of nitrogens with zero attached hydrogens (tertiary/aromatic N) is 1. The lowest BCUT2D eigenvalue weighted by Crippen LogP contribution is -2.35. The number of aromatic amines is 1. The van der Waals surface area contributed by atoms with E-state index in [4.69, 9.17) is 9.47 Å². The molecule has 2 amide bonds. The van der Waals surface area contributed by atoms with E-state index in [1.165, 1.54) is 14.2 Å². The quantitative estimate of drug-likeness (QED) is 0.385. The largest absolute Gasteiger partial charge is 0.496 e. The smallest absolute Gasteiger partial charge is 0.342 e. The molecule has 0 fully saturated rings. The summed E-state index contributed by atoms with van der Waals surface area (Å²) < 4.78 is 10.3. The molecule has 0 unspecified atom stereocenters. The van der Waals surface area contributed by atoms with Crippen LogP contribution < -0.4 is 15.4 Å². The normalized spacial score (nSPS) is 13.7. The number of rotatable bonds is 9. The molecule has 3 N–H and O–H groups in total. The van der Waals surface area contributed by atoms with Crippen molar-refractivity contribution in [2.24, 2.45) is 0 Å². The molecule has 1 aliphatic rings. The van der Waals surface area contributed by atoms with Crippen LogP contribution in [0.3, 0.4) is 0 Å². The van der Waals surface area contributed by atoms with Crippen LogP contribution in [0.4, 0.5) is 5.69 Å². The number of esters is 1. The standard InChI is InChI=1S/C25H32N4O5/c1-7-29(8-2)12-11-26-24(31)20-14(3)18(27-15(20)4)13-16-21-17(28-23(16)30)9-10-19(33-5)22(21)25(32)34-6/h9-10,13,27H,7-8,11-12H2,1-6H3,(H,26,31)(H,28,30). The molecule has 0 saturated carbocycles. The highest BCUT2D eigenvalue weighted by Gasteiger charge is 2.33. The summed E-state index contributed by atoms with van der Waals surface area (Å²) >= 11 is 0. The maximum absolute atomic E-state index is 12.9. The zero-order valence-corrected chi connectivity index (χ0v) is 20.5. The van der Waals surface area contributed by atoms with Gasteiger partial charge in [-0.2, -0.15) is 0 Å². The van der Waals surface area contributed by atoms with Crippen LogP contribution in [0.5, 0.6) is 5.75 Å². The fraction of sp³-hybridized carbons (Fsp3) is 0.400. The van der Waals surface area contributed by atoms with Gasteiger partial charge in [-0.25, -0.2) is 4.79 Å². The van der Waals surface area contributed by atoms with Crippen LogP contribution in [0, 0.1) is 13.8 Å². The number of nitrogens with one attached hydrogen (secondary N) is 3. The first kappa shape index (κ1) is 25.0. The van der Waals surface area contributed by atoms with Gasteiger partial charge in [-0.3, -0.25) is 9.59 Å². The van der Waals surface area contributed by atoms with Crippen LogP contribution in [-0.4, -0.2) is 68.1 Å². The highest BCUT2D eigenvalue weighted by molar-refractivity contribution is 6.36. The average Bonchev–Trinajstić information content (AvgIpc) is 3.30. The SMILES string of the molecule is CCN(CC)CCNC(=O)c1c(C)[nH]c(C=C2C(=O)Nc3ccc(OC)c(C(=O)OC)c32)c1C. The summed E-state index contributed by atoms with van der Waals surface area (Å²) in [5.74, 6) is -0.828. The number of hydrogen-bond donors (Lipinski definition) is 3. The van der Waals surface area contributed by atoms with Gasteiger partial charge in [0, 0.05) is 30.0 Å². The summed E-state index contributed by atoms with van der Waals surface area (Å²) in [5, 5.41) is 5.76. The van der Waals surface area contributed by atoms with Crippen LogP contribution in [0.1, 0.15) is 57.1 Å². The first-order valence-corrected chi connectivity index (χ1v) is 11.3. The molecule has 9 heteroatoms. The Balaban J connectivity index is 1.98. The van der Waals surface area contributed by atoms with Crippen molar-refractivity contribution in [3.8, 4) is 5.75 Å². The summed E-state index contributed by atoms with van der Waals surface area (Å²) in [6, 6.07) is 3.29. The molecule has 34 heavy (non-hydrogen) atoms. The van der Waals surface area contributed by atoms with Crippen LogP contribution in [-0.2, 0) is 9.53 Å². The van der Waals surface area contributed by atoms with E-state index >= 15 is 0 Å². The molecule has 1 aromatic heterocycles. The number of H-pyrrole nitrogens is 1. The van der Waals surface area contributed by atoms with Gasteiger partial charge in [0.05, 0.1) is 31.0 Å². The number of ether oxygens (including phenoxy) is 2. The second-order valence-electron chi connectivity index (χ2n) is 8.02. The maximum Gasteiger partial charge on any atom is 0.342 e. The van der Waals surface area contributed by atoms with Gasteiger partial charge in [0.2, 0.25) is 0 Å². The molecule has 0 spiro atoms. The minimum absolute atomic E-state index is 0.169. The maximum atomic E-state index is 12.9. The van der Waals surface area contributed by atoms with E-state index in [9.17, 15) is 14.4 Å². The third-order valence-corrected chi connectivity index (χ3v) is 6.14. The first-order chi connectivity index (χ1) is 16.3. The summed E-state index contributed by atoms with van der Waals surface area (Å²) in [6.45, 7) is 11.0. The molecule has 0 radical (unpaired) electrons. The van der Waals surface area contributed by atoms with Crippen LogP contribution in [0.2, 0.25) is 0 Å². The van der Waals surface area contributed by atoms with Crippen molar-refractivity contribution in [1.82, 2.24) is 15.2 Å². The lowest BCUT2D eigenvalue weighted by molar-refractivity contribution is -0.110. The number of carbonyl (C=O) groups excluding carboxylic acids is 3. The van der Waals surface area contributed by atoms with E-state index in [-0.39, 0.29) is 23.0 Å². The minimum atomic E-state index is -0.608. The van der Waals surface area contributed by atoms with Crippen LogP contribution in [0.25, 0.3) is 11.6 Å². The molecular formula is C25H32N4O5. The topological polar surface area (TPSA) is 113 Å². The van der Waals surface area contributed by atoms with Gasteiger partial charge in [0.25, 0.3) is 11.8 Å². The van der Waals surface area contributed by atoms with Crippen molar-refractivity contribution in [1.29, 1.82) is 0 Å². The molecule has 9 nitrogen and oxygen atoms in total. The molecule has 0 saturated heterocycles. The Morgan fingerprint density at radius 2 is 1.82 bits per heavy atom. The van der Waals surface area contributed by atoms with Crippen molar-refractivity contribution >= 4 is 35.1 Å². The molecule has 2 heterocycles. The van der Waals surface area contributed by atoms with Gasteiger partial charge < -0.3 is 30.0 Å². The number of aryl methyl sites for hydroxylation is 1. The lowest BCUT2D eigenvalue weighted by Gasteiger charge is -2.18. The van der Waals surface area contributed by atoms with Crippen molar-refractivity contribution in [2.75, 3.05) is 45.7 Å². The van der Waals surface area contributed by atoms with Gasteiger partial charge in [-0.1, -0.05) is 13.8 Å².